The lowest BCUT2D eigenvalue weighted by atomic mass is 9.84. The number of amides is 1. The van der Waals surface area contributed by atoms with Crippen LogP contribution in [0.2, 0.25) is 0 Å². The molecule has 0 aromatic rings. The second-order valence-electron chi connectivity index (χ2n) is 2.77. The van der Waals surface area contributed by atoms with Crippen molar-refractivity contribution in [2.75, 3.05) is 19.8 Å². The molecule has 0 unspecified atom stereocenters. The maximum atomic E-state index is 10.3. The van der Waals surface area contributed by atoms with Crippen LogP contribution in [-0.2, 0) is 9.53 Å². The zero-order chi connectivity index (χ0) is 6.32. The van der Waals surface area contributed by atoms with Gasteiger partial charge in [-0.25, -0.2) is 0 Å². The molecule has 0 aliphatic carbocycles. The van der Waals surface area contributed by atoms with Crippen LogP contribution in [0.1, 0.15) is 6.42 Å². The first-order valence-electron chi connectivity index (χ1n) is 3.17. The van der Waals surface area contributed by atoms with Gasteiger partial charge in [-0.2, -0.15) is 0 Å². The largest absolute Gasteiger partial charge is 0.376 e. The Morgan fingerprint density at radius 3 is 2.44 bits per heavy atom. The summed E-state index contributed by atoms with van der Waals surface area (Å²) in [6.07, 6.45) is 2.05. The summed E-state index contributed by atoms with van der Waals surface area (Å²) in [6, 6.07) is 0. The molecule has 3 heteroatoms. The molecule has 2 fully saturated rings. The molecule has 0 atom stereocenters. The number of carbonyl (C=O) groups is 1. The average molecular weight is 127 g/mol. The topological polar surface area (TPSA) is 29.5 Å². The standard InChI is InChI=1S/C6H9NO2/c8-5-7-2-1-6(7)3-9-4-6/h5H,1-4H2. The molecule has 2 saturated heterocycles. The predicted octanol–water partition coefficient (Wildman–Crippen LogP) is -0.383. The Kier molecular flexibility index (Phi) is 0.858. The molecule has 0 aromatic carbocycles. The summed E-state index contributed by atoms with van der Waals surface area (Å²) in [5, 5.41) is 0. The first-order chi connectivity index (χ1) is 4.37. The van der Waals surface area contributed by atoms with E-state index in [1.807, 2.05) is 4.90 Å². The molecule has 0 aromatic heterocycles. The molecule has 1 amide bonds. The SMILES string of the molecule is O=CN1CCC12COC2. The highest BCUT2D eigenvalue weighted by Gasteiger charge is 2.50. The molecule has 2 rings (SSSR count). The zero-order valence-corrected chi connectivity index (χ0v) is 5.17. The van der Waals surface area contributed by atoms with Crippen LogP contribution < -0.4 is 0 Å². The summed E-state index contributed by atoms with van der Waals surface area (Å²) in [5.74, 6) is 0. The van der Waals surface area contributed by atoms with Gasteiger partial charge in [-0.05, 0) is 6.42 Å². The third kappa shape index (κ3) is 0.477. The number of nitrogens with zero attached hydrogens (tertiary/aromatic N) is 1. The monoisotopic (exact) mass is 127 g/mol. The lowest BCUT2D eigenvalue weighted by Crippen LogP contribution is -2.70. The first-order valence-corrected chi connectivity index (χ1v) is 3.17. The van der Waals surface area contributed by atoms with Crippen LogP contribution in [0.3, 0.4) is 0 Å². The lowest BCUT2D eigenvalue weighted by Gasteiger charge is -2.55. The minimum Gasteiger partial charge on any atom is -0.376 e. The van der Waals surface area contributed by atoms with E-state index in [-0.39, 0.29) is 5.54 Å². The molecule has 50 valence electrons. The number of carbonyl (C=O) groups excluding carboxylic acids is 1. The van der Waals surface area contributed by atoms with E-state index in [0.29, 0.717) is 0 Å². The highest BCUT2D eigenvalue weighted by atomic mass is 16.5. The molecule has 1 spiro atoms. The van der Waals surface area contributed by atoms with Crippen molar-refractivity contribution in [2.45, 2.75) is 12.0 Å². The maximum Gasteiger partial charge on any atom is 0.210 e. The van der Waals surface area contributed by atoms with E-state index >= 15 is 0 Å². The fourth-order valence-electron chi connectivity index (χ4n) is 1.37. The summed E-state index contributed by atoms with van der Waals surface area (Å²) in [5.41, 5.74) is 0.155. The fourth-order valence-corrected chi connectivity index (χ4v) is 1.37. The summed E-state index contributed by atoms with van der Waals surface area (Å²) in [6.45, 7) is 2.43. The van der Waals surface area contributed by atoms with Gasteiger partial charge in [0.15, 0.2) is 0 Å². The van der Waals surface area contributed by atoms with Crippen molar-refractivity contribution in [1.82, 2.24) is 4.90 Å². The number of ether oxygens (including phenoxy) is 1. The van der Waals surface area contributed by atoms with Crippen LogP contribution in [0.15, 0.2) is 0 Å². The van der Waals surface area contributed by atoms with Crippen LogP contribution in [0.25, 0.3) is 0 Å². The molecule has 9 heavy (non-hydrogen) atoms. The van der Waals surface area contributed by atoms with Gasteiger partial charge in [0.2, 0.25) is 6.41 Å². The molecule has 0 N–H and O–H groups in total. The second-order valence-corrected chi connectivity index (χ2v) is 2.77. The van der Waals surface area contributed by atoms with E-state index < -0.39 is 0 Å². The van der Waals surface area contributed by atoms with Crippen molar-refractivity contribution in [3.8, 4) is 0 Å². The third-order valence-corrected chi connectivity index (χ3v) is 2.30. The highest BCUT2D eigenvalue weighted by molar-refractivity contribution is 5.51. The van der Waals surface area contributed by atoms with Crippen molar-refractivity contribution in [3.63, 3.8) is 0 Å². The number of hydrogen-bond acceptors (Lipinski definition) is 2. The summed E-state index contributed by atoms with van der Waals surface area (Å²) >= 11 is 0. The quantitative estimate of drug-likeness (QED) is 0.449. The second kappa shape index (κ2) is 1.48. The van der Waals surface area contributed by atoms with Gasteiger partial charge in [-0.1, -0.05) is 0 Å². The molecule has 0 saturated carbocycles. The lowest BCUT2D eigenvalue weighted by molar-refractivity contribution is -0.190. The smallest absolute Gasteiger partial charge is 0.210 e. The minimum absolute atomic E-state index is 0.155. The van der Waals surface area contributed by atoms with E-state index in [1.165, 1.54) is 0 Å². The Bertz CT molecular complexity index is 136. The Morgan fingerprint density at radius 1 is 1.56 bits per heavy atom. The summed E-state index contributed by atoms with van der Waals surface area (Å²) in [7, 11) is 0. The molecular formula is C6H9NO2. The Hall–Kier alpha value is -0.570. The van der Waals surface area contributed by atoms with Crippen LogP contribution >= 0.6 is 0 Å². The van der Waals surface area contributed by atoms with Gasteiger partial charge >= 0.3 is 0 Å². The molecule has 0 bridgehead atoms. The van der Waals surface area contributed by atoms with Crippen molar-refractivity contribution >= 4 is 6.41 Å². The van der Waals surface area contributed by atoms with Crippen LogP contribution in [0, 0.1) is 0 Å². The van der Waals surface area contributed by atoms with Gasteiger partial charge in [0, 0.05) is 6.54 Å². The Morgan fingerprint density at radius 2 is 2.33 bits per heavy atom. The highest BCUT2D eigenvalue weighted by Crippen LogP contribution is 2.35. The van der Waals surface area contributed by atoms with Crippen molar-refractivity contribution in [3.05, 3.63) is 0 Å². The molecule has 0 radical (unpaired) electrons. The van der Waals surface area contributed by atoms with Gasteiger partial charge in [0.25, 0.3) is 0 Å². The Balaban J connectivity index is 2.04. The van der Waals surface area contributed by atoms with Crippen molar-refractivity contribution in [2.24, 2.45) is 0 Å². The van der Waals surface area contributed by atoms with Gasteiger partial charge in [0.05, 0.1) is 18.8 Å². The van der Waals surface area contributed by atoms with Crippen LogP contribution in [-0.4, -0.2) is 36.6 Å². The third-order valence-electron chi connectivity index (χ3n) is 2.30. The van der Waals surface area contributed by atoms with Gasteiger partial charge in [-0.3, -0.25) is 4.79 Å². The average Bonchev–Trinajstić information content (AvgIpc) is 1.59. The van der Waals surface area contributed by atoms with E-state index in [1.54, 1.807) is 0 Å². The van der Waals surface area contributed by atoms with E-state index in [4.69, 9.17) is 4.74 Å². The van der Waals surface area contributed by atoms with Gasteiger partial charge in [-0.15, -0.1) is 0 Å². The van der Waals surface area contributed by atoms with Crippen LogP contribution in [0.4, 0.5) is 0 Å². The molecular weight excluding hydrogens is 118 g/mol. The predicted molar refractivity (Wildman–Crippen MR) is 30.9 cm³/mol. The van der Waals surface area contributed by atoms with Crippen LogP contribution in [0.5, 0.6) is 0 Å². The van der Waals surface area contributed by atoms with E-state index in [2.05, 4.69) is 0 Å². The van der Waals surface area contributed by atoms with Crippen molar-refractivity contribution in [1.29, 1.82) is 0 Å². The number of hydrogen-bond donors (Lipinski definition) is 0. The normalized spacial score (nSPS) is 29.1. The molecule has 2 aliphatic heterocycles. The number of likely N-dealkylation sites (tertiary alicyclic amines) is 1. The van der Waals surface area contributed by atoms with E-state index in [9.17, 15) is 4.79 Å². The summed E-state index contributed by atoms with van der Waals surface area (Å²) < 4.78 is 5.01. The maximum absolute atomic E-state index is 10.3. The van der Waals surface area contributed by atoms with Gasteiger partial charge in [0.1, 0.15) is 0 Å². The summed E-state index contributed by atoms with van der Waals surface area (Å²) in [4.78, 5) is 12.1. The van der Waals surface area contributed by atoms with E-state index in [0.717, 1.165) is 32.6 Å². The molecule has 2 heterocycles. The number of rotatable bonds is 1. The van der Waals surface area contributed by atoms with Crippen molar-refractivity contribution < 1.29 is 9.53 Å². The Labute approximate surface area is 53.6 Å². The molecule has 3 nitrogen and oxygen atoms in total. The minimum atomic E-state index is 0.155. The first kappa shape index (κ1) is 5.23. The molecule has 2 aliphatic rings. The zero-order valence-electron chi connectivity index (χ0n) is 5.17. The fraction of sp³-hybridized carbons (Fsp3) is 0.833. The van der Waals surface area contributed by atoms with Gasteiger partial charge < -0.3 is 9.64 Å².